The van der Waals surface area contributed by atoms with Gasteiger partial charge in [0, 0.05) is 12.5 Å². The molecule has 2 heterocycles. The molecule has 1 aromatic heterocycles. The van der Waals surface area contributed by atoms with Gasteiger partial charge in [-0.25, -0.2) is 0 Å². The number of hydrogen-bond acceptors (Lipinski definition) is 3. The van der Waals surface area contributed by atoms with Gasteiger partial charge in [0.1, 0.15) is 5.76 Å². The van der Waals surface area contributed by atoms with E-state index < -0.39 is 0 Å². The fourth-order valence-electron chi connectivity index (χ4n) is 2.25. The third-order valence-electron chi connectivity index (χ3n) is 3.12. The Balaban J connectivity index is 1.89. The Labute approximate surface area is 103 Å². The lowest BCUT2D eigenvalue weighted by atomic mass is 9.97. The van der Waals surface area contributed by atoms with Crippen LogP contribution in [0.3, 0.4) is 0 Å². The van der Waals surface area contributed by atoms with Gasteiger partial charge in [-0.3, -0.25) is 0 Å². The number of nitrogens with one attached hydrogen (secondary N) is 1. The molecule has 1 aliphatic heterocycles. The van der Waals surface area contributed by atoms with Gasteiger partial charge in [0.25, 0.3) is 0 Å². The summed E-state index contributed by atoms with van der Waals surface area (Å²) in [7, 11) is 0. The Morgan fingerprint density at radius 2 is 2.41 bits per heavy atom. The summed E-state index contributed by atoms with van der Waals surface area (Å²) in [4.78, 5) is 0. The Hall–Kier alpha value is -1.22. The van der Waals surface area contributed by atoms with Crippen LogP contribution in [0.25, 0.3) is 0 Å². The van der Waals surface area contributed by atoms with Gasteiger partial charge in [0.2, 0.25) is 0 Å². The van der Waals surface area contributed by atoms with Crippen LogP contribution in [0.5, 0.6) is 0 Å². The lowest BCUT2D eigenvalue weighted by molar-refractivity contribution is 0.218. The molecular weight excluding hydrogens is 214 g/mol. The van der Waals surface area contributed by atoms with Gasteiger partial charge >= 0.3 is 0 Å². The van der Waals surface area contributed by atoms with Crippen LogP contribution in [0.15, 0.2) is 34.6 Å². The lowest BCUT2D eigenvalue weighted by Crippen LogP contribution is -2.32. The van der Waals surface area contributed by atoms with Crippen LogP contribution in [0, 0.1) is 0 Å². The van der Waals surface area contributed by atoms with E-state index in [0.717, 1.165) is 44.6 Å². The summed E-state index contributed by atoms with van der Waals surface area (Å²) in [6, 6.07) is 4.40. The third-order valence-corrected chi connectivity index (χ3v) is 3.12. The number of rotatable bonds is 6. The number of likely N-dealkylation sites (N-methyl/N-ethyl adjacent to an activating group) is 1. The maximum absolute atomic E-state index is 5.42. The number of hydrogen-bond donors (Lipinski definition) is 1. The van der Waals surface area contributed by atoms with Crippen molar-refractivity contribution in [1.82, 2.24) is 5.32 Å². The third kappa shape index (κ3) is 3.63. The molecule has 0 bridgehead atoms. The second-order valence-electron chi connectivity index (χ2n) is 4.40. The van der Waals surface area contributed by atoms with E-state index in [-0.39, 0.29) is 0 Å². The van der Waals surface area contributed by atoms with E-state index in [4.69, 9.17) is 9.15 Å². The minimum Gasteiger partial charge on any atom is -0.501 e. The highest BCUT2D eigenvalue weighted by molar-refractivity contribution is 5.11. The van der Waals surface area contributed by atoms with Crippen LogP contribution in [0.4, 0.5) is 0 Å². The predicted octanol–water partition coefficient (Wildman–Crippen LogP) is 2.88. The van der Waals surface area contributed by atoms with Crippen LogP contribution < -0.4 is 5.32 Å². The van der Waals surface area contributed by atoms with Crippen molar-refractivity contribution in [3.63, 3.8) is 0 Å². The quantitative estimate of drug-likeness (QED) is 0.823. The van der Waals surface area contributed by atoms with Crippen LogP contribution in [0.1, 0.15) is 31.9 Å². The molecule has 17 heavy (non-hydrogen) atoms. The van der Waals surface area contributed by atoms with Gasteiger partial charge in [-0.05, 0) is 43.5 Å². The van der Waals surface area contributed by atoms with E-state index in [1.807, 2.05) is 18.4 Å². The molecule has 0 saturated carbocycles. The summed E-state index contributed by atoms with van der Waals surface area (Å²) >= 11 is 0. The molecular formula is C14H21NO2. The zero-order chi connectivity index (χ0) is 11.9. The molecule has 1 aromatic rings. The van der Waals surface area contributed by atoms with Gasteiger partial charge in [0.05, 0.1) is 19.1 Å². The summed E-state index contributed by atoms with van der Waals surface area (Å²) in [5.74, 6) is 1.06. The molecule has 0 fully saturated rings. The van der Waals surface area contributed by atoms with Gasteiger partial charge in [-0.2, -0.15) is 0 Å². The van der Waals surface area contributed by atoms with E-state index in [0.29, 0.717) is 6.04 Å². The van der Waals surface area contributed by atoms with Crippen LogP contribution in [-0.4, -0.2) is 19.2 Å². The molecule has 0 saturated heterocycles. The van der Waals surface area contributed by atoms with Crippen molar-refractivity contribution >= 4 is 0 Å². The highest BCUT2D eigenvalue weighted by Crippen LogP contribution is 2.19. The van der Waals surface area contributed by atoms with Crippen LogP contribution in [-0.2, 0) is 11.2 Å². The first-order valence-corrected chi connectivity index (χ1v) is 6.46. The molecule has 0 radical (unpaired) electrons. The fourth-order valence-corrected chi connectivity index (χ4v) is 2.25. The first-order chi connectivity index (χ1) is 8.40. The summed E-state index contributed by atoms with van der Waals surface area (Å²) in [5, 5.41) is 3.52. The van der Waals surface area contributed by atoms with Crippen molar-refractivity contribution in [2.24, 2.45) is 0 Å². The van der Waals surface area contributed by atoms with E-state index in [9.17, 15) is 0 Å². The molecule has 2 rings (SSSR count). The molecule has 0 spiro atoms. The Kier molecular flexibility index (Phi) is 4.68. The fraction of sp³-hybridized carbons (Fsp3) is 0.571. The molecule has 3 heteroatoms. The summed E-state index contributed by atoms with van der Waals surface area (Å²) in [5.41, 5.74) is 1.39. The lowest BCUT2D eigenvalue weighted by Gasteiger charge is -2.23. The average molecular weight is 235 g/mol. The maximum Gasteiger partial charge on any atom is 0.103 e. The van der Waals surface area contributed by atoms with E-state index in [1.165, 1.54) is 5.57 Å². The molecule has 0 aliphatic carbocycles. The average Bonchev–Trinajstić information content (AvgIpc) is 2.88. The van der Waals surface area contributed by atoms with Crippen molar-refractivity contribution in [1.29, 1.82) is 0 Å². The normalized spacial score (nSPS) is 17.4. The molecule has 1 N–H and O–H groups in total. The van der Waals surface area contributed by atoms with Crippen molar-refractivity contribution < 1.29 is 9.15 Å². The minimum absolute atomic E-state index is 0.422. The highest BCUT2D eigenvalue weighted by atomic mass is 16.5. The van der Waals surface area contributed by atoms with Gasteiger partial charge in [0.15, 0.2) is 0 Å². The molecule has 94 valence electrons. The topological polar surface area (TPSA) is 34.4 Å². The SMILES string of the molecule is CCNC(CCc1ccco1)C1=COCCC1. The van der Waals surface area contributed by atoms with Crippen molar-refractivity contribution in [2.45, 2.75) is 38.6 Å². The largest absolute Gasteiger partial charge is 0.501 e. The van der Waals surface area contributed by atoms with E-state index in [1.54, 1.807) is 6.26 Å². The van der Waals surface area contributed by atoms with Gasteiger partial charge in [-0.1, -0.05) is 6.92 Å². The maximum atomic E-state index is 5.42. The van der Waals surface area contributed by atoms with Gasteiger partial charge < -0.3 is 14.5 Å². The Morgan fingerprint density at radius 1 is 1.47 bits per heavy atom. The molecule has 1 unspecified atom stereocenters. The molecule has 0 amide bonds. The van der Waals surface area contributed by atoms with E-state index in [2.05, 4.69) is 12.2 Å². The van der Waals surface area contributed by atoms with E-state index >= 15 is 0 Å². The number of furan rings is 1. The zero-order valence-corrected chi connectivity index (χ0v) is 10.4. The second kappa shape index (κ2) is 6.50. The van der Waals surface area contributed by atoms with Crippen molar-refractivity contribution in [3.05, 3.63) is 36.0 Å². The Morgan fingerprint density at radius 3 is 3.06 bits per heavy atom. The second-order valence-corrected chi connectivity index (χ2v) is 4.40. The minimum atomic E-state index is 0.422. The van der Waals surface area contributed by atoms with Crippen molar-refractivity contribution in [3.8, 4) is 0 Å². The molecule has 3 nitrogen and oxygen atoms in total. The first-order valence-electron chi connectivity index (χ1n) is 6.46. The number of ether oxygens (including phenoxy) is 1. The van der Waals surface area contributed by atoms with Gasteiger partial charge in [-0.15, -0.1) is 0 Å². The first kappa shape index (κ1) is 12.2. The summed E-state index contributed by atoms with van der Waals surface area (Å²) < 4.78 is 10.8. The van der Waals surface area contributed by atoms with Crippen LogP contribution in [0.2, 0.25) is 0 Å². The summed E-state index contributed by atoms with van der Waals surface area (Å²) in [6.45, 7) is 3.99. The zero-order valence-electron chi connectivity index (χ0n) is 10.4. The predicted molar refractivity (Wildman–Crippen MR) is 67.8 cm³/mol. The highest BCUT2D eigenvalue weighted by Gasteiger charge is 2.16. The Bertz CT molecular complexity index is 343. The van der Waals surface area contributed by atoms with Crippen molar-refractivity contribution in [2.75, 3.05) is 13.2 Å². The van der Waals surface area contributed by atoms with Crippen LogP contribution >= 0.6 is 0 Å². The molecule has 0 aromatic carbocycles. The smallest absolute Gasteiger partial charge is 0.103 e. The molecule has 1 atom stereocenters. The molecule has 1 aliphatic rings. The number of aryl methyl sites for hydroxylation is 1. The summed E-state index contributed by atoms with van der Waals surface area (Å²) in [6.07, 6.45) is 8.00. The standard InChI is InChI=1S/C14H21NO2/c1-2-15-14(12-5-3-9-16-11-12)8-7-13-6-4-10-17-13/h4,6,10-11,14-15H,2-3,5,7-9H2,1H3. The monoisotopic (exact) mass is 235 g/mol.